The summed E-state index contributed by atoms with van der Waals surface area (Å²) in [6.45, 7) is 1.31. The molecule has 0 aromatic heterocycles. The Morgan fingerprint density at radius 1 is 1.21 bits per heavy atom. The van der Waals surface area contributed by atoms with Gasteiger partial charge in [-0.2, -0.15) is 0 Å². The maximum atomic E-state index is 12.8. The molecular formula is C16H19NO2. The van der Waals surface area contributed by atoms with Crippen molar-refractivity contribution in [3.63, 3.8) is 0 Å². The number of nitrogens with zero attached hydrogens (tertiary/aromatic N) is 1. The monoisotopic (exact) mass is 257 g/mol. The first kappa shape index (κ1) is 11.3. The predicted molar refractivity (Wildman–Crippen MR) is 73.2 cm³/mol. The van der Waals surface area contributed by atoms with Gasteiger partial charge in [-0.25, -0.2) is 0 Å². The lowest BCUT2D eigenvalue weighted by molar-refractivity contribution is -0.124. The van der Waals surface area contributed by atoms with E-state index < -0.39 is 0 Å². The van der Waals surface area contributed by atoms with Crippen LogP contribution in [-0.2, 0) is 4.79 Å². The van der Waals surface area contributed by atoms with E-state index in [4.69, 9.17) is 4.74 Å². The van der Waals surface area contributed by atoms with Gasteiger partial charge in [-0.05, 0) is 43.2 Å². The number of hydrogen-bond acceptors (Lipinski definition) is 2. The minimum atomic E-state index is 0.268. The molecule has 19 heavy (non-hydrogen) atoms. The minimum Gasteiger partial charge on any atom is -0.490 e. The number of fused-ring (bicyclic) bond motifs is 3. The highest BCUT2D eigenvalue weighted by Gasteiger charge is 2.45. The van der Waals surface area contributed by atoms with Crippen molar-refractivity contribution < 1.29 is 9.53 Å². The van der Waals surface area contributed by atoms with Crippen molar-refractivity contribution in [2.24, 2.45) is 17.8 Å². The molecule has 0 saturated heterocycles. The Bertz CT molecular complexity index is 513. The third-order valence-electron chi connectivity index (χ3n) is 5.05. The predicted octanol–water partition coefficient (Wildman–Crippen LogP) is 2.85. The van der Waals surface area contributed by atoms with Gasteiger partial charge in [0.1, 0.15) is 12.4 Å². The van der Waals surface area contributed by atoms with E-state index in [9.17, 15) is 4.79 Å². The quantitative estimate of drug-likeness (QED) is 0.774. The summed E-state index contributed by atoms with van der Waals surface area (Å²) in [5.41, 5.74) is 0.960. The van der Waals surface area contributed by atoms with Crippen LogP contribution in [0.5, 0.6) is 5.75 Å². The molecule has 1 aromatic rings. The van der Waals surface area contributed by atoms with Gasteiger partial charge in [0.05, 0.1) is 12.2 Å². The first-order chi connectivity index (χ1) is 9.33. The summed E-state index contributed by atoms with van der Waals surface area (Å²) >= 11 is 0. The second-order valence-electron chi connectivity index (χ2n) is 6.09. The smallest absolute Gasteiger partial charge is 0.230 e. The maximum Gasteiger partial charge on any atom is 0.230 e. The average Bonchev–Trinajstić information content (AvgIpc) is 3.08. The lowest BCUT2D eigenvalue weighted by atomic mass is 9.87. The molecule has 100 valence electrons. The van der Waals surface area contributed by atoms with Gasteiger partial charge >= 0.3 is 0 Å². The maximum absolute atomic E-state index is 12.8. The second-order valence-corrected chi connectivity index (χ2v) is 6.09. The van der Waals surface area contributed by atoms with E-state index in [1.165, 1.54) is 19.3 Å². The van der Waals surface area contributed by atoms with Crippen LogP contribution in [0.4, 0.5) is 5.69 Å². The van der Waals surface area contributed by atoms with Crippen LogP contribution < -0.4 is 9.64 Å². The van der Waals surface area contributed by atoms with Gasteiger partial charge in [0.25, 0.3) is 0 Å². The lowest BCUT2D eigenvalue weighted by Crippen LogP contribution is -2.42. The second kappa shape index (κ2) is 4.26. The van der Waals surface area contributed by atoms with Crippen LogP contribution in [0.15, 0.2) is 24.3 Å². The standard InChI is InChI=1S/C16H19NO2/c18-16(13-10-11-5-6-12(13)9-11)17-7-8-19-15-4-2-1-3-14(15)17/h1-4,11-13H,5-10H2. The van der Waals surface area contributed by atoms with Gasteiger partial charge in [0.15, 0.2) is 0 Å². The topological polar surface area (TPSA) is 29.5 Å². The van der Waals surface area contributed by atoms with Gasteiger partial charge in [-0.1, -0.05) is 18.6 Å². The number of ether oxygens (including phenoxy) is 1. The van der Waals surface area contributed by atoms with Crippen molar-refractivity contribution in [1.82, 2.24) is 0 Å². The molecule has 1 aromatic carbocycles. The Morgan fingerprint density at radius 2 is 2.11 bits per heavy atom. The van der Waals surface area contributed by atoms with Crippen LogP contribution in [0.25, 0.3) is 0 Å². The molecule has 1 aliphatic heterocycles. The molecule has 2 saturated carbocycles. The lowest BCUT2D eigenvalue weighted by Gasteiger charge is -2.33. The molecular weight excluding hydrogens is 238 g/mol. The third-order valence-corrected chi connectivity index (χ3v) is 5.05. The van der Waals surface area contributed by atoms with Gasteiger partial charge in [0, 0.05) is 5.92 Å². The van der Waals surface area contributed by atoms with Crippen molar-refractivity contribution in [2.45, 2.75) is 25.7 Å². The molecule has 0 spiro atoms. The van der Waals surface area contributed by atoms with Crippen molar-refractivity contribution in [2.75, 3.05) is 18.1 Å². The Labute approximate surface area is 113 Å². The summed E-state index contributed by atoms with van der Waals surface area (Å²) in [7, 11) is 0. The molecule has 1 heterocycles. The van der Waals surface area contributed by atoms with Gasteiger partial charge in [-0.3, -0.25) is 4.79 Å². The molecule has 0 N–H and O–H groups in total. The summed E-state index contributed by atoms with van der Waals surface area (Å²) in [4.78, 5) is 14.8. The first-order valence-corrected chi connectivity index (χ1v) is 7.36. The van der Waals surface area contributed by atoms with Crippen LogP contribution in [-0.4, -0.2) is 19.1 Å². The van der Waals surface area contributed by atoms with E-state index in [0.717, 1.165) is 23.8 Å². The largest absolute Gasteiger partial charge is 0.490 e. The van der Waals surface area contributed by atoms with Crippen LogP contribution >= 0.6 is 0 Å². The first-order valence-electron chi connectivity index (χ1n) is 7.36. The van der Waals surface area contributed by atoms with Crippen molar-refractivity contribution in [3.8, 4) is 5.75 Å². The number of carbonyl (C=O) groups is 1. The number of benzene rings is 1. The molecule has 2 fully saturated rings. The van der Waals surface area contributed by atoms with Crippen LogP contribution in [0.1, 0.15) is 25.7 Å². The Kier molecular flexibility index (Phi) is 2.54. The number of carbonyl (C=O) groups excluding carboxylic acids is 1. The summed E-state index contributed by atoms with van der Waals surface area (Å²) in [5.74, 6) is 2.92. The van der Waals surface area contributed by atoms with Crippen molar-refractivity contribution in [1.29, 1.82) is 0 Å². The van der Waals surface area contributed by atoms with E-state index in [1.54, 1.807) is 0 Å². The van der Waals surface area contributed by atoms with E-state index in [-0.39, 0.29) is 5.92 Å². The normalized spacial score (nSPS) is 32.0. The zero-order valence-electron chi connectivity index (χ0n) is 11.0. The highest BCUT2D eigenvalue weighted by molar-refractivity contribution is 5.97. The Morgan fingerprint density at radius 3 is 2.89 bits per heavy atom. The molecule has 3 nitrogen and oxygen atoms in total. The van der Waals surface area contributed by atoms with E-state index in [1.807, 2.05) is 29.2 Å². The van der Waals surface area contributed by atoms with Crippen LogP contribution in [0.3, 0.4) is 0 Å². The fourth-order valence-corrected chi connectivity index (χ4v) is 4.15. The molecule has 2 bridgehead atoms. The minimum absolute atomic E-state index is 0.268. The van der Waals surface area contributed by atoms with Crippen LogP contribution in [0, 0.1) is 17.8 Å². The number of amides is 1. The zero-order valence-corrected chi connectivity index (χ0v) is 11.0. The van der Waals surface area contributed by atoms with E-state index in [0.29, 0.717) is 25.0 Å². The van der Waals surface area contributed by atoms with Gasteiger partial charge in [0.2, 0.25) is 5.91 Å². The molecule has 3 aliphatic rings. The van der Waals surface area contributed by atoms with Crippen LogP contribution in [0.2, 0.25) is 0 Å². The summed E-state index contributed by atoms with van der Waals surface area (Å²) in [5, 5.41) is 0. The Balaban J connectivity index is 1.61. The molecule has 1 amide bonds. The van der Waals surface area contributed by atoms with Crippen molar-refractivity contribution >= 4 is 11.6 Å². The van der Waals surface area contributed by atoms with E-state index in [2.05, 4.69) is 0 Å². The summed E-state index contributed by atoms with van der Waals surface area (Å²) < 4.78 is 5.63. The molecule has 3 unspecified atom stereocenters. The molecule has 2 aliphatic carbocycles. The summed E-state index contributed by atoms with van der Waals surface area (Å²) in [6, 6.07) is 7.90. The number of hydrogen-bond donors (Lipinski definition) is 0. The fourth-order valence-electron chi connectivity index (χ4n) is 4.15. The summed E-state index contributed by atoms with van der Waals surface area (Å²) in [6.07, 6.45) is 4.99. The molecule has 0 radical (unpaired) electrons. The fraction of sp³-hybridized carbons (Fsp3) is 0.562. The highest BCUT2D eigenvalue weighted by Crippen LogP contribution is 2.49. The number of anilines is 1. The average molecular weight is 257 g/mol. The van der Waals surface area contributed by atoms with Gasteiger partial charge < -0.3 is 9.64 Å². The zero-order chi connectivity index (χ0) is 12.8. The SMILES string of the molecule is O=C(C1CC2CCC1C2)N1CCOc2ccccc21. The van der Waals surface area contributed by atoms with Gasteiger partial charge in [-0.15, -0.1) is 0 Å². The molecule has 3 heteroatoms. The number of para-hydroxylation sites is 2. The Hall–Kier alpha value is -1.51. The molecule has 4 rings (SSSR count). The van der Waals surface area contributed by atoms with E-state index >= 15 is 0 Å². The molecule has 3 atom stereocenters. The highest BCUT2D eigenvalue weighted by atomic mass is 16.5. The third kappa shape index (κ3) is 1.75. The number of rotatable bonds is 1. The van der Waals surface area contributed by atoms with Crippen molar-refractivity contribution in [3.05, 3.63) is 24.3 Å².